The maximum atomic E-state index is 11.0. The number of halogens is 1. The summed E-state index contributed by atoms with van der Waals surface area (Å²) < 4.78 is 4.22. The predicted octanol–water partition coefficient (Wildman–Crippen LogP) is 2.97. The van der Waals surface area contributed by atoms with Crippen LogP contribution in [-0.2, 0) is 11.3 Å². The van der Waals surface area contributed by atoms with E-state index >= 15 is 0 Å². The lowest BCUT2D eigenvalue weighted by Crippen LogP contribution is -2.09. The second-order valence-electron chi connectivity index (χ2n) is 3.81. The number of rotatable bonds is 4. The highest BCUT2D eigenvalue weighted by Crippen LogP contribution is 2.40. The molecule has 0 aliphatic rings. The summed E-state index contributed by atoms with van der Waals surface area (Å²) in [6.07, 6.45) is -1.70. The zero-order valence-electron chi connectivity index (χ0n) is 10.4. The Labute approximate surface area is 117 Å². The van der Waals surface area contributed by atoms with E-state index < -0.39 is 39.5 Å². The van der Waals surface area contributed by atoms with Crippen LogP contribution in [0.4, 0.5) is 16.2 Å². The molecule has 1 N–H and O–H groups in total. The van der Waals surface area contributed by atoms with Crippen LogP contribution in [0, 0.1) is 34.1 Å². The summed E-state index contributed by atoms with van der Waals surface area (Å²) in [6.45, 7) is 1.84. The molecule has 1 aromatic carbocycles. The molecule has 0 aromatic heterocycles. The van der Waals surface area contributed by atoms with Crippen molar-refractivity contribution >= 4 is 29.1 Å². The van der Waals surface area contributed by atoms with Gasteiger partial charge in [-0.15, -0.1) is 0 Å². The molecule has 0 amide bonds. The highest BCUT2D eigenvalue weighted by atomic mass is 35.5. The summed E-state index contributed by atoms with van der Waals surface area (Å²) in [5, 5.41) is 30.4. The largest absolute Gasteiger partial charge is 0.506 e. The van der Waals surface area contributed by atoms with Gasteiger partial charge in [-0.1, -0.05) is 11.6 Å². The fourth-order valence-electron chi connectivity index (χ4n) is 1.82. The maximum Gasteiger partial charge on any atom is 0.506 e. The van der Waals surface area contributed by atoms with Gasteiger partial charge in [-0.3, -0.25) is 20.2 Å². The van der Waals surface area contributed by atoms with Crippen molar-refractivity contribution < 1.29 is 24.5 Å². The first-order valence-corrected chi connectivity index (χ1v) is 5.52. The van der Waals surface area contributed by atoms with E-state index in [1.165, 1.54) is 13.8 Å². The predicted molar refractivity (Wildman–Crippen MR) is 67.0 cm³/mol. The van der Waals surface area contributed by atoms with E-state index in [1.807, 2.05) is 0 Å². The number of carboxylic acid groups (broad SMARTS) is 1. The first-order chi connectivity index (χ1) is 9.18. The summed E-state index contributed by atoms with van der Waals surface area (Å²) >= 11 is 5.84. The van der Waals surface area contributed by atoms with Gasteiger partial charge in [0.25, 0.3) is 11.4 Å². The van der Waals surface area contributed by atoms with Crippen LogP contribution >= 0.6 is 11.6 Å². The van der Waals surface area contributed by atoms with Gasteiger partial charge in [0.2, 0.25) is 0 Å². The third kappa shape index (κ3) is 2.77. The Balaban J connectivity index is 3.68. The topological polar surface area (TPSA) is 133 Å². The monoisotopic (exact) mass is 304 g/mol. The van der Waals surface area contributed by atoms with Crippen molar-refractivity contribution in [3.05, 3.63) is 41.9 Å². The Hall–Kier alpha value is -2.42. The van der Waals surface area contributed by atoms with Crippen molar-refractivity contribution in [2.24, 2.45) is 0 Å². The Morgan fingerprint density at radius 3 is 1.90 bits per heavy atom. The Morgan fingerprint density at radius 1 is 1.20 bits per heavy atom. The second kappa shape index (κ2) is 5.70. The summed E-state index contributed by atoms with van der Waals surface area (Å²) in [7, 11) is 0. The van der Waals surface area contributed by atoms with Gasteiger partial charge in [-0.05, 0) is 13.8 Å². The third-order valence-electron chi connectivity index (χ3n) is 2.65. The fraction of sp³-hybridized carbons (Fsp3) is 0.300. The average molecular weight is 305 g/mol. The quantitative estimate of drug-likeness (QED) is 0.513. The van der Waals surface area contributed by atoms with E-state index in [-0.39, 0.29) is 16.1 Å². The first-order valence-electron chi connectivity index (χ1n) is 5.14. The normalized spacial score (nSPS) is 10.2. The van der Waals surface area contributed by atoms with Crippen molar-refractivity contribution in [2.75, 3.05) is 0 Å². The lowest BCUT2D eigenvalue weighted by atomic mass is 10.0. The van der Waals surface area contributed by atoms with Gasteiger partial charge in [-0.25, -0.2) is 4.79 Å². The van der Waals surface area contributed by atoms with Gasteiger partial charge in [-0.2, -0.15) is 0 Å². The van der Waals surface area contributed by atoms with Crippen molar-refractivity contribution in [3.8, 4) is 0 Å². The van der Waals surface area contributed by atoms with Crippen LogP contribution in [0.1, 0.15) is 16.7 Å². The fourth-order valence-corrected chi connectivity index (χ4v) is 2.00. The highest BCUT2D eigenvalue weighted by Gasteiger charge is 2.33. The average Bonchev–Trinajstić information content (AvgIpc) is 2.32. The number of hydrogen-bond donors (Lipinski definition) is 1. The molecular formula is C10H9ClN2O7. The molecule has 108 valence electrons. The molecular weight excluding hydrogens is 296 g/mol. The van der Waals surface area contributed by atoms with Gasteiger partial charge in [0.05, 0.1) is 14.9 Å². The molecule has 20 heavy (non-hydrogen) atoms. The SMILES string of the molecule is Cc1c(Cl)c(C)c([N+](=O)[O-])c(COC(=O)O)c1[N+](=O)[O-]. The van der Waals surface area contributed by atoms with Crippen LogP contribution < -0.4 is 0 Å². The number of ether oxygens (including phenoxy) is 1. The Kier molecular flexibility index (Phi) is 4.45. The van der Waals surface area contributed by atoms with Crippen LogP contribution in [0.5, 0.6) is 0 Å². The molecule has 0 fully saturated rings. The molecule has 0 radical (unpaired) electrons. The minimum absolute atomic E-state index is 0.0174. The van der Waals surface area contributed by atoms with E-state index in [4.69, 9.17) is 16.7 Å². The zero-order valence-corrected chi connectivity index (χ0v) is 11.1. The summed E-state index contributed by atoms with van der Waals surface area (Å²) in [5.74, 6) is 0. The van der Waals surface area contributed by atoms with Crippen LogP contribution in [0.15, 0.2) is 0 Å². The molecule has 0 bridgehead atoms. The van der Waals surface area contributed by atoms with Gasteiger partial charge in [0.1, 0.15) is 12.2 Å². The van der Waals surface area contributed by atoms with Crippen LogP contribution in [0.3, 0.4) is 0 Å². The molecule has 0 heterocycles. The molecule has 0 spiro atoms. The number of nitrogens with zero attached hydrogens (tertiary/aromatic N) is 2. The van der Waals surface area contributed by atoms with Crippen molar-refractivity contribution in [1.29, 1.82) is 0 Å². The van der Waals surface area contributed by atoms with E-state index in [2.05, 4.69) is 4.74 Å². The summed E-state index contributed by atoms with van der Waals surface area (Å²) in [6, 6.07) is 0. The molecule has 0 atom stereocenters. The number of nitro benzene ring substituents is 2. The highest BCUT2D eigenvalue weighted by molar-refractivity contribution is 6.32. The van der Waals surface area contributed by atoms with Crippen molar-refractivity contribution in [2.45, 2.75) is 20.5 Å². The molecule has 10 heteroatoms. The van der Waals surface area contributed by atoms with Crippen LogP contribution in [0.25, 0.3) is 0 Å². The molecule has 1 rings (SSSR count). The molecule has 0 unspecified atom stereocenters. The lowest BCUT2D eigenvalue weighted by molar-refractivity contribution is -0.396. The lowest BCUT2D eigenvalue weighted by Gasteiger charge is -2.10. The molecule has 0 saturated carbocycles. The molecule has 1 aromatic rings. The number of carbonyl (C=O) groups is 1. The van der Waals surface area contributed by atoms with E-state index in [1.54, 1.807) is 0 Å². The molecule has 0 aliphatic carbocycles. The number of benzene rings is 1. The van der Waals surface area contributed by atoms with E-state index in [9.17, 15) is 25.0 Å². The van der Waals surface area contributed by atoms with Gasteiger partial charge >= 0.3 is 6.16 Å². The smallest absolute Gasteiger partial charge is 0.450 e. The minimum atomic E-state index is -1.70. The van der Waals surface area contributed by atoms with E-state index in [0.717, 1.165) is 0 Å². The van der Waals surface area contributed by atoms with Gasteiger partial charge in [0, 0.05) is 11.1 Å². The number of hydrogen-bond acceptors (Lipinski definition) is 6. The van der Waals surface area contributed by atoms with Gasteiger partial charge < -0.3 is 9.84 Å². The Morgan fingerprint density at radius 2 is 1.60 bits per heavy atom. The maximum absolute atomic E-state index is 11.0. The molecule has 9 nitrogen and oxygen atoms in total. The molecule has 0 saturated heterocycles. The van der Waals surface area contributed by atoms with Crippen molar-refractivity contribution in [1.82, 2.24) is 0 Å². The summed E-state index contributed by atoms with van der Waals surface area (Å²) in [4.78, 5) is 30.8. The first kappa shape index (κ1) is 15.6. The standard InChI is InChI=1S/C10H9ClN2O7/c1-4-7(11)5(2)9(13(18)19)6(3-20-10(14)15)8(4)12(16)17/h3H2,1-2H3,(H,14,15). The zero-order chi connectivity index (χ0) is 15.6. The third-order valence-corrected chi connectivity index (χ3v) is 3.21. The summed E-state index contributed by atoms with van der Waals surface area (Å²) in [5.41, 5.74) is -1.63. The Bertz CT molecular complexity index is 573. The number of nitro groups is 2. The molecule has 0 aliphatic heterocycles. The van der Waals surface area contributed by atoms with Gasteiger partial charge in [0.15, 0.2) is 0 Å². The van der Waals surface area contributed by atoms with Crippen molar-refractivity contribution in [3.63, 3.8) is 0 Å². The van der Waals surface area contributed by atoms with Crippen LogP contribution in [-0.4, -0.2) is 21.1 Å². The minimum Gasteiger partial charge on any atom is -0.450 e. The van der Waals surface area contributed by atoms with E-state index in [0.29, 0.717) is 0 Å². The second-order valence-corrected chi connectivity index (χ2v) is 4.19. The van der Waals surface area contributed by atoms with Crippen LogP contribution in [0.2, 0.25) is 5.02 Å².